The second kappa shape index (κ2) is 6.99. The van der Waals surface area contributed by atoms with Gasteiger partial charge in [0.1, 0.15) is 15.2 Å². The second-order valence-corrected chi connectivity index (χ2v) is 12.0. The zero-order chi connectivity index (χ0) is 22.1. The smallest absolute Gasteiger partial charge is 0.298 e. The summed E-state index contributed by atoms with van der Waals surface area (Å²) >= 11 is 6.02. The molecule has 2 N–H and O–H groups in total. The topological polar surface area (TPSA) is 112 Å². The van der Waals surface area contributed by atoms with Gasteiger partial charge in [-0.15, -0.1) is 0 Å². The van der Waals surface area contributed by atoms with Crippen LogP contribution in [0.4, 0.5) is 6.01 Å². The minimum atomic E-state index is -2.96. The number of hydrogen-bond donors (Lipinski definition) is 2. The lowest BCUT2D eigenvalue weighted by Gasteiger charge is -2.58. The molecule has 1 spiro atoms. The fourth-order valence-electron chi connectivity index (χ4n) is 4.84. The van der Waals surface area contributed by atoms with E-state index in [9.17, 15) is 9.00 Å². The van der Waals surface area contributed by atoms with Crippen molar-refractivity contribution in [3.05, 3.63) is 41.1 Å². The van der Waals surface area contributed by atoms with Gasteiger partial charge in [0.05, 0.1) is 0 Å². The number of rotatable bonds is 6. The Hall–Kier alpha value is -2.52. The Bertz CT molecular complexity index is 1310. The summed E-state index contributed by atoms with van der Waals surface area (Å²) in [5.74, 6) is 0.473. The highest BCUT2D eigenvalue weighted by atomic mass is 35.5. The standard InChI is InChI=1S/C22H23ClN4O4S/c23-14-3-4-17-16(7-14)26-21(31-17)27-11-22(12-27)8-15(9-22)25-20(28)18-5-6-19(30-18)32(24,29)10-13-1-2-13/h3-7,13,15,24H,1-2,8-12H2,(H,25,28). The van der Waals surface area contributed by atoms with Crippen LogP contribution in [0.3, 0.4) is 0 Å². The lowest BCUT2D eigenvalue weighted by molar-refractivity contribution is 0.0403. The molecule has 1 aliphatic heterocycles. The van der Waals surface area contributed by atoms with Gasteiger partial charge in [0.25, 0.3) is 11.9 Å². The maximum Gasteiger partial charge on any atom is 0.298 e. The molecular weight excluding hydrogens is 452 g/mol. The van der Waals surface area contributed by atoms with Crippen molar-refractivity contribution >= 4 is 44.4 Å². The van der Waals surface area contributed by atoms with Crippen molar-refractivity contribution in [2.75, 3.05) is 23.7 Å². The van der Waals surface area contributed by atoms with E-state index in [-0.39, 0.29) is 28.2 Å². The normalized spacial score (nSPS) is 21.8. The maximum atomic E-state index is 12.5. The SMILES string of the molecule is N=S(=O)(CC1CC1)c1ccc(C(=O)NC2CC3(C2)CN(c2nc4cc(Cl)ccc4o2)C3)o1. The molecule has 3 heterocycles. The first kappa shape index (κ1) is 20.1. The van der Waals surface area contributed by atoms with E-state index >= 15 is 0 Å². The molecule has 1 saturated heterocycles. The van der Waals surface area contributed by atoms with Crippen LogP contribution in [0, 0.1) is 16.1 Å². The highest BCUT2D eigenvalue weighted by molar-refractivity contribution is 7.92. The average molecular weight is 475 g/mol. The molecule has 2 aromatic heterocycles. The first-order valence-electron chi connectivity index (χ1n) is 10.8. The number of nitrogens with one attached hydrogen (secondary N) is 2. The summed E-state index contributed by atoms with van der Waals surface area (Å²) in [6, 6.07) is 9.11. The van der Waals surface area contributed by atoms with Crippen LogP contribution in [0.15, 0.2) is 44.3 Å². The number of fused-ring (bicyclic) bond motifs is 1. The monoisotopic (exact) mass is 474 g/mol. The number of nitrogens with zero attached hydrogens (tertiary/aromatic N) is 2. The minimum absolute atomic E-state index is 0.0764. The van der Waals surface area contributed by atoms with Crippen LogP contribution < -0.4 is 10.2 Å². The molecule has 1 aromatic carbocycles. The first-order valence-corrected chi connectivity index (χ1v) is 12.9. The number of halogens is 1. The summed E-state index contributed by atoms with van der Waals surface area (Å²) in [5.41, 5.74) is 1.64. The molecule has 6 rings (SSSR count). The Morgan fingerprint density at radius 1 is 1.25 bits per heavy atom. The van der Waals surface area contributed by atoms with Crippen LogP contribution in [0.1, 0.15) is 36.2 Å². The molecule has 32 heavy (non-hydrogen) atoms. The van der Waals surface area contributed by atoms with Crippen LogP contribution in [0.2, 0.25) is 5.02 Å². The van der Waals surface area contributed by atoms with Gasteiger partial charge in [-0.2, -0.15) is 4.98 Å². The predicted octanol–water partition coefficient (Wildman–Crippen LogP) is 4.29. The molecule has 168 valence electrons. The van der Waals surface area contributed by atoms with E-state index < -0.39 is 9.73 Å². The number of carbonyl (C=O) groups is 1. The minimum Gasteiger partial charge on any atom is -0.441 e. The molecule has 1 amide bonds. The first-order chi connectivity index (χ1) is 15.3. The van der Waals surface area contributed by atoms with Gasteiger partial charge in [-0.3, -0.25) is 4.79 Å². The number of oxazole rings is 1. The summed E-state index contributed by atoms with van der Waals surface area (Å²) in [7, 11) is -2.96. The Kier molecular flexibility index (Phi) is 4.39. The largest absolute Gasteiger partial charge is 0.441 e. The fraction of sp³-hybridized carbons (Fsp3) is 0.455. The molecular formula is C22H23ClN4O4S. The zero-order valence-electron chi connectivity index (χ0n) is 17.3. The van der Waals surface area contributed by atoms with Crippen LogP contribution in [0.25, 0.3) is 11.1 Å². The number of furan rings is 1. The third kappa shape index (κ3) is 3.57. The van der Waals surface area contributed by atoms with Crippen molar-refractivity contribution in [3.8, 4) is 0 Å². The van der Waals surface area contributed by atoms with Gasteiger partial charge in [-0.25, -0.2) is 8.99 Å². The van der Waals surface area contributed by atoms with E-state index in [4.69, 9.17) is 25.2 Å². The zero-order valence-corrected chi connectivity index (χ0v) is 18.9. The summed E-state index contributed by atoms with van der Waals surface area (Å²) in [4.78, 5) is 19.2. The highest BCUT2D eigenvalue weighted by Crippen LogP contribution is 2.49. The summed E-state index contributed by atoms with van der Waals surface area (Å²) in [5, 5.41) is 3.73. The van der Waals surface area contributed by atoms with Gasteiger partial charge < -0.3 is 19.1 Å². The Labute approximate surface area is 190 Å². The van der Waals surface area contributed by atoms with Gasteiger partial charge in [0.2, 0.25) is 0 Å². The number of carbonyl (C=O) groups excluding carboxylic acids is 1. The molecule has 0 radical (unpaired) electrons. The van der Waals surface area contributed by atoms with Gasteiger partial charge in [-0.1, -0.05) is 11.6 Å². The van der Waals surface area contributed by atoms with Crippen molar-refractivity contribution in [1.82, 2.24) is 10.3 Å². The van der Waals surface area contributed by atoms with E-state index in [0.717, 1.165) is 49.9 Å². The summed E-state index contributed by atoms with van der Waals surface area (Å²) in [6.07, 6.45) is 3.80. The molecule has 1 unspecified atom stereocenters. The van der Waals surface area contributed by atoms with Crippen LogP contribution in [0.5, 0.6) is 0 Å². The number of anilines is 1. The van der Waals surface area contributed by atoms with Crippen LogP contribution in [-0.2, 0) is 9.73 Å². The van der Waals surface area contributed by atoms with Crippen molar-refractivity contribution in [3.63, 3.8) is 0 Å². The number of hydrogen-bond acceptors (Lipinski definition) is 7. The van der Waals surface area contributed by atoms with Crippen molar-refractivity contribution in [2.24, 2.45) is 11.3 Å². The van der Waals surface area contributed by atoms with Gasteiger partial charge in [-0.05, 0) is 61.9 Å². The van der Waals surface area contributed by atoms with Crippen molar-refractivity contribution in [1.29, 1.82) is 4.78 Å². The number of aromatic nitrogens is 1. The second-order valence-electron chi connectivity index (χ2n) is 9.45. The number of amides is 1. The Balaban J connectivity index is 1.03. The maximum absolute atomic E-state index is 12.5. The summed E-state index contributed by atoms with van der Waals surface area (Å²) in [6.45, 7) is 1.68. The molecule has 3 fully saturated rings. The molecule has 8 nitrogen and oxygen atoms in total. The third-order valence-corrected chi connectivity index (χ3v) is 8.70. The molecule has 2 saturated carbocycles. The van der Waals surface area contributed by atoms with Gasteiger partial charge in [0, 0.05) is 35.3 Å². The quantitative estimate of drug-likeness (QED) is 0.551. The third-order valence-electron chi connectivity index (χ3n) is 6.65. The fourth-order valence-corrected chi connectivity index (χ4v) is 6.68. The van der Waals surface area contributed by atoms with E-state index in [1.807, 2.05) is 6.07 Å². The van der Waals surface area contributed by atoms with E-state index in [0.29, 0.717) is 22.7 Å². The van der Waals surface area contributed by atoms with Crippen LogP contribution in [-0.4, -0.2) is 40.0 Å². The molecule has 3 aliphatic rings. The van der Waals surface area contributed by atoms with Crippen molar-refractivity contribution in [2.45, 2.75) is 36.8 Å². The Morgan fingerprint density at radius 2 is 2.03 bits per heavy atom. The average Bonchev–Trinajstić information content (AvgIpc) is 3.18. The van der Waals surface area contributed by atoms with Crippen molar-refractivity contribution < 1.29 is 17.8 Å². The molecule has 0 bridgehead atoms. The molecule has 10 heteroatoms. The molecule has 2 aliphatic carbocycles. The van der Waals surface area contributed by atoms with E-state index in [1.165, 1.54) is 12.1 Å². The highest BCUT2D eigenvalue weighted by Gasteiger charge is 2.54. The molecule has 3 aromatic rings. The Morgan fingerprint density at radius 3 is 2.78 bits per heavy atom. The van der Waals surface area contributed by atoms with Gasteiger partial charge >= 0.3 is 0 Å². The van der Waals surface area contributed by atoms with E-state index in [2.05, 4.69) is 15.2 Å². The van der Waals surface area contributed by atoms with Crippen LogP contribution >= 0.6 is 11.6 Å². The lowest BCUT2D eigenvalue weighted by atomic mass is 9.61. The lowest BCUT2D eigenvalue weighted by Crippen LogP contribution is -2.66. The summed E-state index contributed by atoms with van der Waals surface area (Å²) < 4.78 is 31.9. The van der Waals surface area contributed by atoms with Gasteiger partial charge in [0.15, 0.2) is 16.4 Å². The van der Waals surface area contributed by atoms with E-state index in [1.54, 1.807) is 12.1 Å². The number of benzene rings is 1. The molecule has 1 atom stereocenters. The predicted molar refractivity (Wildman–Crippen MR) is 120 cm³/mol.